The topological polar surface area (TPSA) is 37.3 Å². The highest BCUT2D eigenvalue weighted by molar-refractivity contribution is 6.36. The van der Waals surface area contributed by atoms with Crippen molar-refractivity contribution in [3.05, 3.63) is 86.9 Å². The van der Waals surface area contributed by atoms with E-state index in [0.717, 1.165) is 22.3 Å². The van der Waals surface area contributed by atoms with Crippen molar-refractivity contribution >= 4 is 29.1 Å². The zero-order chi connectivity index (χ0) is 22.6. The Labute approximate surface area is 193 Å². The Kier molecular flexibility index (Phi) is 5.41. The number of quaternary nitrogens is 1. The maximum Gasteiger partial charge on any atom is 0.347 e. The number of phenolic OH excluding ortho intramolecular Hbond substituents is 1. The molecule has 160 valence electrons. The molecule has 0 aromatic heterocycles. The van der Waals surface area contributed by atoms with E-state index in [1.807, 2.05) is 43.3 Å². The normalized spacial score (nSPS) is 18.3. The molecule has 0 saturated heterocycles. The van der Waals surface area contributed by atoms with Gasteiger partial charge in [0.15, 0.2) is 0 Å². The van der Waals surface area contributed by atoms with E-state index in [0.29, 0.717) is 34.3 Å². The van der Waals surface area contributed by atoms with E-state index in [9.17, 15) is 9.90 Å². The summed E-state index contributed by atoms with van der Waals surface area (Å²) in [6.07, 6.45) is 0. The molecule has 0 radical (unpaired) electrons. The molecule has 3 nitrogen and oxygen atoms in total. The van der Waals surface area contributed by atoms with Crippen molar-refractivity contribution in [3.63, 3.8) is 0 Å². The zero-order valence-corrected chi connectivity index (χ0v) is 19.7. The highest BCUT2D eigenvalue weighted by Crippen LogP contribution is 2.44. The Morgan fingerprint density at radius 2 is 1.71 bits per heavy atom. The third-order valence-electron chi connectivity index (χ3n) is 6.53. The van der Waals surface area contributed by atoms with Crippen LogP contribution in [0.15, 0.2) is 54.6 Å². The van der Waals surface area contributed by atoms with Gasteiger partial charge in [0.1, 0.15) is 18.8 Å². The maximum atomic E-state index is 13.9. The lowest BCUT2D eigenvalue weighted by molar-refractivity contribution is -0.917. The number of carbonyl (C=O) groups is 1. The minimum absolute atomic E-state index is 0.0490. The van der Waals surface area contributed by atoms with E-state index < -0.39 is 0 Å². The average molecular weight is 455 g/mol. The van der Waals surface area contributed by atoms with Gasteiger partial charge in [-0.3, -0.25) is 0 Å². The quantitative estimate of drug-likeness (QED) is 0.426. The van der Waals surface area contributed by atoms with E-state index >= 15 is 0 Å². The second-order valence-electron chi connectivity index (χ2n) is 9.29. The average Bonchev–Trinajstić information content (AvgIpc) is 2.99. The fourth-order valence-electron chi connectivity index (χ4n) is 4.59. The SMILES string of the molecule is Cc1c(O)ccc2c1C(=O)[N+](Cc1ccccc1-c1ccc(Cl)cc1Cl)(C(C)(C)C)C2. The number of hydrogen-bond donors (Lipinski definition) is 1. The van der Waals surface area contributed by atoms with Gasteiger partial charge in [0.2, 0.25) is 0 Å². The minimum Gasteiger partial charge on any atom is -0.508 e. The maximum absolute atomic E-state index is 13.9. The summed E-state index contributed by atoms with van der Waals surface area (Å²) in [7, 11) is 0. The summed E-state index contributed by atoms with van der Waals surface area (Å²) in [5, 5.41) is 11.4. The fourth-order valence-corrected chi connectivity index (χ4v) is 5.10. The molecule has 1 aliphatic rings. The standard InChI is InChI=1S/C26H25Cl2NO2/c1-16-23(30)12-9-18-15-29(26(2,3)4,25(31)24(16)18)14-17-7-5-6-8-20(17)21-11-10-19(27)13-22(21)28/h5-13H,14-15H2,1-4H3/p+1. The Bertz CT molecular complexity index is 1200. The molecule has 1 heterocycles. The minimum atomic E-state index is -0.352. The molecule has 5 heteroatoms. The largest absolute Gasteiger partial charge is 0.508 e. The van der Waals surface area contributed by atoms with Crippen LogP contribution in [0.25, 0.3) is 11.1 Å². The van der Waals surface area contributed by atoms with Crippen LogP contribution in [0.3, 0.4) is 0 Å². The van der Waals surface area contributed by atoms with Crippen molar-refractivity contribution in [2.45, 2.75) is 46.3 Å². The molecule has 0 saturated carbocycles. The predicted molar refractivity (Wildman–Crippen MR) is 126 cm³/mol. The highest BCUT2D eigenvalue weighted by Gasteiger charge is 2.54. The van der Waals surface area contributed by atoms with E-state index in [2.05, 4.69) is 26.8 Å². The summed E-state index contributed by atoms with van der Waals surface area (Å²) in [5.74, 6) is 0.210. The monoisotopic (exact) mass is 454 g/mol. The van der Waals surface area contributed by atoms with E-state index in [1.54, 1.807) is 12.1 Å². The molecule has 4 rings (SSSR count). The Morgan fingerprint density at radius 3 is 2.39 bits per heavy atom. The van der Waals surface area contributed by atoms with Gasteiger partial charge in [-0.05, 0) is 57.5 Å². The number of benzene rings is 3. The number of amides is 1. The number of nitrogens with zero attached hydrogens (tertiary/aromatic N) is 1. The second-order valence-corrected chi connectivity index (χ2v) is 10.1. The van der Waals surface area contributed by atoms with Gasteiger partial charge < -0.3 is 5.11 Å². The molecular formula is C26H26Cl2NO2+. The third kappa shape index (κ3) is 3.55. The Balaban J connectivity index is 1.86. The number of halogens is 2. The summed E-state index contributed by atoms with van der Waals surface area (Å²) < 4.78 is 0.245. The zero-order valence-electron chi connectivity index (χ0n) is 18.2. The van der Waals surface area contributed by atoms with Crippen LogP contribution in [0.5, 0.6) is 5.75 Å². The molecule has 0 fully saturated rings. The van der Waals surface area contributed by atoms with Gasteiger partial charge in [0.05, 0.1) is 11.1 Å². The molecule has 3 aromatic carbocycles. The Morgan fingerprint density at radius 1 is 1.00 bits per heavy atom. The van der Waals surface area contributed by atoms with Crippen LogP contribution in [-0.4, -0.2) is 21.0 Å². The molecule has 0 spiro atoms. The van der Waals surface area contributed by atoms with Crippen molar-refractivity contribution in [3.8, 4) is 16.9 Å². The first-order valence-electron chi connectivity index (χ1n) is 10.3. The van der Waals surface area contributed by atoms with Crippen LogP contribution >= 0.6 is 23.2 Å². The number of aromatic hydroxyl groups is 1. The van der Waals surface area contributed by atoms with Crippen LogP contribution in [0.2, 0.25) is 10.0 Å². The third-order valence-corrected chi connectivity index (χ3v) is 7.08. The summed E-state index contributed by atoms with van der Waals surface area (Å²) in [4.78, 5) is 13.9. The van der Waals surface area contributed by atoms with Gasteiger partial charge in [-0.2, -0.15) is 0 Å². The lowest BCUT2D eigenvalue weighted by atomic mass is 9.94. The van der Waals surface area contributed by atoms with Gasteiger partial charge in [-0.25, -0.2) is 9.28 Å². The van der Waals surface area contributed by atoms with Gasteiger partial charge in [-0.15, -0.1) is 0 Å². The van der Waals surface area contributed by atoms with Gasteiger partial charge in [0.25, 0.3) is 0 Å². The van der Waals surface area contributed by atoms with Gasteiger partial charge in [-0.1, -0.05) is 53.5 Å². The van der Waals surface area contributed by atoms with Crippen LogP contribution in [-0.2, 0) is 13.1 Å². The van der Waals surface area contributed by atoms with Crippen LogP contribution in [0, 0.1) is 6.92 Å². The Hall–Kier alpha value is -2.33. The van der Waals surface area contributed by atoms with Crippen molar-refractivity contribution in [2.75, 3.05) is 0 Å². The fraction of sp³-hybridized carbons (Fsp3) is 0.269. The molecule has 0 bridgehead atoms. The smallest absolute Gasteiger partial charge is 0.347 e. The van der Waals surface area contributed by atoms with Crippen molar-refractivity contribution in [1.82, 2.24) is 0 Å². The molecule has 1 aliphatic heterocycles. The predicted octanol–water partition coefficient (Wildman–Crippen LogP) is 7.14. The summed E-state index contributed by atoms with van der Waals surface area (Å²) in [6.45, 7) is 9.22. The molecule has 3 aromatic rings. The number of carbonyl (C=O) groups excluding carboxylic acids is 1. The lowest BCUT2D eigenvalue weighted by Gasteiger charge is -2.43. The van der Waals surface area contributed by atoms with Crippen molar-refractivity contribution in [1.29, 1.82) is 0 Å². The lowest BCUT2D eigenvalue weighted by Crippen LogP contribution is -2.59. The van der Waals surface area contributed by atoms with Crippen LogP contribution < -0.4 is 0 Å². The number of hydrogen-bond acceptors (Lipinski definition) is 2. The summed E-state index contributed by atoms with van der Waals surface area (Å²) in [5.41, 5.74) is 4.87. The summed E-state index contributed by atoms with van der Waals surface area (Å²) >= 11 is 12.6. The number of phenols is 1. The van der Waals surface area contributed by atoms with E-state index in [4.69, 9.17) is 23.2 Å². The van der Waals surface area contributed by atoms with E-state index in [1.165, 1.54) is 0 Å². The second kappa shape index (κ2) is 7.67. The highest BCUT2D eigenvalue weighted by atomic mass is 35.5. The molecule has 31 heavy (non-hydrogen) atoms. The molecule has 1 atom stereocenters. The van der Waals surface area contributed by atoms with Gasteiger partial charge in [0, 0.05) is 32.3 Å². The van der Waals surface area contributed by atoms with Crippen molar-refractivity contribution < 1.29 is 14.4 Å². The van der Waals surface area contributed by atoms with E-state index in [-0.39, 0.29) is 21.7 Å². The summed E-state index contributed by atoms with van der Waals surface area (Å²) in [6, 6.07) is 17.1. The molecule has 1 amide bonds. The number of rotatable bonds is 3. The van der Waals surface area contributed by atoms with Crippen LogP contribution in [0.1, 0.15) is 47.8 Å². The van der Waals surface area contributed by atoms with Crippen LogP contribution in [0.4, 0.5) is 0 Å². The number of fused-ring (bicyclic) bond motifs is 1. The molecule has 1 N–H and O–H groups in total. The molecule has 0 aliphatic carbocycles. The molecular weight excluding hydrogens is 429 g/mol. The first-order chi connectivity index (χ1) is 14.5. The first-order valence-corrected chi connectivity index (χ1v) is 11.1. The first kappa shape index (κ1) is 21.9. The van der Waals surface area contributed by atoms with Gasteiger partial charge >= 0.3 is 5.91 Å². The molecule has 1 unspecified atom stereocenters. The van der Waals surface area contributed by atoms with Crippen molar-refractivity contribution in [2.24, 2.45) is 0 Å².